The van der Waals surface area contributed by atoms with Gasteiger partial charge in [0.1, 0.15) is 17.6 Å². The summed E-state index contributed by atoms with van der Waals surface area (Å²) in [6.45, 7) is 6.89. The summed E-state index contributed by atoms with van der Waals surface area (Å²) in [5.74, 6) is -0.259. The minimum Gasteiger partial charge on any atom is -0.444 e. The number of benzene rings is 1. The van der Waals surface area contributed by atoms with Crippen LogP contribution in [-0.2, 0) is 11.3 Å². The lowest BCUT2D eigenvalue weighted by atomic mass is 10.0. The van der Waals surface area contributed by atoms with Crippen molar-refractivity contribution in [3.63, 3.8) is 0 Å². The number of ether oxygens (including phenoxy) is 2. The van der Waals surface area contributed by atoms with Gasteiger partial charge in [0.25, 0.3) is 0 Å². The molecule has 0 bridgehead atoms. The number of nitrogens with zero attached hydrogens (tertiary/aromatic N) is 3. The number of hydrogen-bond donors (Lipinski definition) is 0. The van der Waals surface area contributed by atoms with Crippen LogP contribution in [0.25, 0.3) is 11.1 Å². The second-order valence-electron chi connectivity index (χ2n) is 8.12. The van der Waals surface area contributed by atoms with Crippen LogP contribution in [0.1, 0.15) is 31.1 Å². The molecular weight excluding hydrogens is 403 g/mol. The Morgan fingerprint density at radius 3 is 2.57 bits per heavy atom. The molecule has 0 aliphatic carbocycles. The van der Waals surface area contributed by atoms with Crippen LogP contribution in [0.5, 0.6) is 5.75 Å². The zero-order chi connectivity index (χ0) is 22.1. The monoisotopic (exact) mass is 425 g/mol. The first-order valence-electron chi connectivity index (χ1n) is 9.29. The average Bonchev–Trinajstić information content (AvgIpc) is 3.03. The molecule has 0 saturated carbocycles. The fraction of sp³-hybridized carbons (Fsp3) is 0.450. The predicted molar refractivity (Wildman–Crippen MR) is 101 cm³/mol. The molecule has 0 N–H and O–H groups in total. The smallest absolute Gasteiger partial charge is 0.444 e. The highest BCUT2D eigenvalue weighted by atomic mass is 19.4. The minimum atomic E-state index is -4.86. The topological polar surface area (TPSA) is 73.7 Å². The number of hydrogen-bond acceptors (Lipinski definition) is 5. The van der Waals surface area contributed by atoms with E-state index >= 15 is 0 Å². The van der Waals surface area contributed by atoms with E-state index in [1.807, 2.05) is 0 Å². The van der Waals surface area contributed by atoms with Gasteiger partial charge in [0.05, 0.1) is 6.20 Å². The zero-order valence-electron chi connectivity index (χ0n) is 16.8. The maximum absolute atomic E-state index is 12.7. The first kappa shape index (κ1) is 21.7. The maximum Gasteiger partial charge on any atom is 0.573 e. The lowest BCUT2D eigenvalue weighted by molar-refractivity contribution is -0.274. The van der Waals surface area contributed by atoms with Crippen molar-refractivity contribution in [1.82, 2.24) is 14.7 Å². The number of carbonyl (C=O) groups is 2. The van der Waals surface area contributed by atoms with Gasteiger partial charge < -0.3 is 14.4 Å². The summed E-state index contributed by atoms with van der Waals surface area (Å²) in [5, 5.41) is 4.19. The first-order valence-corrected chi connectivity index (χ1v) is 9.29. The Labute approximate surface area is 171 Å². The highest BCUT2D eigenvalue weighted by Crippen LogP contribution is 2.34. The third kappa shape index (κ3) is 5.52. The van der Waals surface area contributed by atoms with Gasteiger partial charge in [-0.2, -0.15) is 5.10 Å². The predicted octanol–water partition coefficient (Wildman–Crippen LogP) is 4.13. The summed E-state index contributed by atoms with van der Waals surface area (Å²) in [7, 11) is 0. The van der Waals surface area contributed by atoms with Crippen molar-refractivity contribution in [2.45, 2.75) is 39.3 Å². The lowest BCUT2D eigenvalue weighted by Crippen LogP contribution is -2.52. The van der Waals surface area contributed by atoms with Crippen molar-refractivity contribution < 1.29 is 32.2 Å². The van der Waals surface area contributed by atoms with Crippen molar-refractivity contribution in [3.05, 3.63) is 36.2 Å². The van der Waals surface area contributed by atoms with Crippen LogP contribution in [0.15, 0.2) is 30.6 Å². The summed E-state index contributed by atoms with van der Waals surface area (Å²) in [4.78, 5) is 24.6. The molecule has 0 spiro atoms. The van der Waals surface area contributed by atoms with Gasteiger partial charge in [0.2, 0.25) is 0 Å². The molecule has 30 heavy (non-hydrogen) atoms. The maximum atomic E-state index is 12.7. The number of carbonyl (C=O) groups excluding carboxylic acids is 2. The standard InChI is InChI=1S/C20H22F3N3O4/c1-19(2,3)30-18(28)25-8-14(9-25)10-26-11-15(7-24-26)16-6-13(12-27)4-5-17(16)29-20(21,22)23/h4-7,11-12,14H,8-10H2,1-3H3. The third-order valence-corrected chi connectivity index (χ3v) is 4.36. The van der Waals surface area contributed by atoms with E-state index in [2.05, 4.69) is 9.84 Å². The number of alkyl halides is 3. The van der Waals surface area contributed by atoms with Gasteiger partial charge in [-0.15, -0.1) is 13.2 Å². The Hall–Kier alpha value is -3.04. The van der Waals surface area contributed by atoms with Crippen LogP contribution < -0.4 is 4.74 Å². The fourth-order valence-corrected chi connectivity index (χ4v) is 3.09. The van der Waals surface area contributed by atoms with Gasteiger partial charge >= 0.3 is 12.5 Å². The van der Waals surface area contributed by atoms with Crippen molar-refractivity contribution >= 4 is 12.4 Å². The first-order chi connectivity index (χ1) is 13.9. The number of rotatable bonds is 5. The molecule has 1 aliphatic rings. The summed E-state index contributed by atoms with van der Waals surface area (Å²) >= 11 is 0. The van der Waals surface area contributed by atoms with E-state index in [4.69, 9.17) is 4.74 Å². The normalized spacial score (nSPS) is 14.9. The van der Waals surface area contributed by atoms with E-state index in [1.54, 1.807) is 36.5 Å². The highest BCUT2D eigenvalue weighted by molar-refractivity contribution is 5.81. The Bertz CT molecular complexity index is 928. The van der Waals surface area contributed by atoms with Crippen LogP contribution >= 0.6 is 0 Å². The molecule has 1 saturated heterocycles. The molecule has 1 aliphatic heterocycles. The number of aromatic nitrogens is 2. The van der Waals surface area contributed by atoms with Gasteiger partial charge in [-0.05, 0) is 39.0 Å². The van der Waals surface area contributed by atoms with Crippen LogP contribution in [0.2, 0.25) is 0 Å². The molecule has 7 nitrogen and oxygen atoms in total. The highest BCUT2D eigenvalue weighted by Gasteiger charge is 2.34. The molecule has 1 aromatic carbocycles. The fourth-order valence-electron chi connectivity index (χ4n) is 3.09. The molecule has 1 aromatic heterocycles. The minimum absolute atomic E-state index is 0.118. The van der Waals surface area contributed by atoms with Gasteiger partial charge in [0.15, 0.2) is 0 Å². The molecule has 162 valence electrons. The second-order valence-corrected chi connectivity index (χ2v) is 8.12. The molecule has 0 atom stereocenters. The van der Waals surface area contributed by atoms with Crippen LogP contribution in [-0.4, -0.2) is 52.1 Å². The second kappa shape index (κ2) is 8.00. The summed E-state index contributed by atoms with van der Waals surface area (Å²) in [5.41, 5.74) is 0.165. The summed E-state index contributed by atoms with van der Waals surface area (Å²) in [6.07, 6.45) is -1.68. The van der Waals surface area contributed by atoms with Crippen molar-refractivity contribution in [1.29, 1.82) is 0 Å². The largest absolute Gasteiger partial charge is 0.573 e. The van der Waals surface area contributed by atoms with Crippen molar-refractivity contribution in [3.8, 4) is 16.9 Å². The summed E-state index contributed by atoms with van der Waals surface area (Å²) < 4.78 is 49.1. The van der Waals surface area contributed by atoms with E-state index in [9.17, 15) is 22.8 Å². The molecule has 10 heteroatoms. The van der Waals surface area contributed by atoms with E-state index in [0.29, 0.717) is 31.5 Å². The zero-order valence-corrected chi connectivity index (χ0v) is 16.8. The van der Waals surface area contributed by atoms with E-state index in [1.165, 1.54) is 18.3 Å². The quantitative estimate of drug-likeness (QED) is 0.674. The number of amides is 1. The molecule has 3 rings (SSSR count). The van der Waals surface area contributed by atoms with Crippen molar-refractivity contribution in [2.75, 3.05) is 13.1 Å². The Kier molecular flexibility index (Phi) is 5.78. The van der Waals surface area contributed by atoms with Gasteiger partial charge in [0, 0.05) is 48.4 Å². The Balaban J connectivity index is 1.67. The molecule has 2 heterocycles. The molecule has 2 aromatic rings. The van der Waals surface area contributed by atoms with Crippen molar-refractivity contribution in [2.24, 2.45) is 5.92 Å². The number of likely N-dealkylation sites (tertiary alicyclic amines) is 1. The van der Waals surface area contributed by atoms with E-state index in [0.717, 1.165) is 6.07 Å². The van der Waals surface area contributed by atoms with Crippen LogP contribution in [0, 0.1) is 5.92 Å². The van der Waals surface area contributed by atoms with Crippen LogP contribution in [0.3, 0.4) is 0 Å². The summed E-state index contributed by atoms with van der Waals surface area (Å²) in [6, 6.07) is 3.68. The number of aldehydes is 1. The Morgan fingerprint density at radius 2 is 1.97 bits per heavy atom. The molecule has 1 fully saturated rings. The number of halogens is 3. The van der Waals surface area contributed by atoms with Gasteiger partial charge in [-0.1, -0.05) is 0 Å². The van der Waals surface area contributed by atoms with Crippen LogP contribution in [0.4, 0.5) is 18.0 Å². The molecule has 1 amide bonds. The lowest BCUT2D eigenvalue weighted by Gasteiger charge is -2.39. The molecule has 0 unspecified atom stereocenters. The van der Waals surface area contributed by atoms with E-state index in [-0.39, 0.29) is 23.1 Å². The Morgan fingerprint density at radius 1 is 1.27 bits per heavy atom. The molecule has 0 radical (unpaired) electrons. The third-order valence-electron chi connectivity index (χ3n) is 4.36. The molecular formula is C20H22F3N3O4. The SMILES string of the molecule is CC(C)(C)OC(=O)N1CC(Cn2cc(-c3cc(C=O)ccc3OC(F)(F)F)cn2)C1. The van der Waals surface area contributed by atoms with Gasteiger partial charge in [-0.25, -0.2) is 4.79 Å². The van der Waals surface area contributed by atoms with Gasteiger partial charge in [-0.3, -0.25) is 9.48 Å². The van der Waals surface area contributed by atoms with E-state index < -0.39 is 17.7 Å². The average molecular weight is 425 g/mol.